The molecule has 1 saturated heterocycles. The van der Waals surface area contributed by atoms with Gasteiger partial charge in [-0.25, -0.2) is 0 Å². The van der Waals surface area contributed by atoms with Gasteiger partial charge >= 0.3 is 0 Å². The lowest BCUT2D eigenvalue weighted by Gasteiger charge is -2.26. The largest absolute Gasteiger partial charge is 0.506 e. The van der Waals surface area contributed by atoms with E-state index in [1.165, 1.54) is 0 Å². The Bertz CT molecular complexity index is 362. The van der Waals surface area contributed by atoms with E-state index in [4.69, 9.17) is 4.74 Å². The van der Waals surface area contributed by atoms with Crippen LogP contribution in [0.3, 0.4) is 0 Å². The van der Waals surface area contributed by atoms with Crippen molar-refractivity contribution in [3.05, 3.63) is 27.7 Å². The normalized spacial score (nSPS) is 21.6. The fourth-order valence-electron chi connectivity index (χ4n) is 1.84. The summed E-state index contributed by atoms with van der Waals surface area (Å²) in [4.78, 5) is 0. The zero-order valence-electron chi connectivity index (χ0n) is 8.59. The van der Waals surface area contributed by atoms with Gasteiger partial charge in [0, 0.05) is 18.7 Å². The minimum absolute atomic E-state index is 0.0451. The molecule has 0 amide bonds. The number of rotatable bonds is 1. The summed E-state index contributed by atoms with van der Waals surface area (Å²) in [6.45, 7) is 4.31. The third-order valence-corrected chi connectivity index (χ3v) is 3.28. The first-order valence-electron chi connectivity index (χ1n) is 5.00. The number of morpholine rings is 1. The van der Waals surface area contributed by atoms with E-state index in [2.05, 4.69) is 21.2 Å². The van der Waals surface area contributed by atoms with Crippen molar-refractivity contribution < 1.29 is 9.84 Å². The van der Waals surface area contributed by atoms with Crippen LogP contribution in [0.4, 0.5) is 0 Å². The summed E-state index contributed by atoms with van der Waals surface area (Å²) in [6, 6.07) is 3.83. The molecule has 3 nitrogen and oxygen atoms in total. The van der Waals surface area contributed by atoms with Gasteiger partial charge in [0.2, 0.25) is 0 Å². The predicted molar refractivity (Wildman–Crippen MR) is 62.1 cm³/mol. The minimum Gasteiger partial charge on any atom is -0.506 e. The molecule has 1 aromatic rings. The van der Waals surface area contributed by atoms with E-state index in [-0.39, 0.29) is 6.10 Å². The Kier molecular flexibility index (Phi) is 3.29. The van der Waals surface area contributed by atoms with Gasteiger partial charge in [-0.1, -0.05) is 6.07 Å². The van der Waals surface area contributed by atoms with Gasteiger partial charge in [-0.3, -0.25) is 0 Å². The monoisotopic (exact) mass is 271 g/mol. The number of phenolic OH excluding ortho intramolecular Hbond substituents is 1. The maximum atomic E-state index is 9.98. The Morgan fingerprint density at radius 1 is 1.53 bits per heavy atom. The Labute approximate surface area is 97.6 Å². The molecule has 1 aliphatic heterocycles. The fraction of sp³-hybridized carbons (Fsp3) is 0.455. The Morgan fingerprint density at radius 3 is 3.00 bits per heavy atom. The fourth-order valence-corrected chi connectivity index (χ4v) is 2.19. The van der Waals surface area contributed by atoms with Crippen LogP contribution in [0.1, 0.15) is 17.2 Å². The van der Waals surface area contributed by atoms with Gasteiger partial charge < -0.3 is 15.2 Å². The van der Waals surface area contributed by atoms with Crippen molar-refractivity contribution in [1.29, 1.82) is 0 Å². The summed E-state index contributed by atoms with van der Waals surface area (Å²) in [6.07, 6.45) is -0.0451. The van der Waals surface area contributed by atoms with Crippen molar-refractivity contribution in [2.24, 2.45) is 0 Å². The van der Waals surface area contributed by atoms with E-state index < -0.39 is 0 Å². The zero-order valence-corrected chi connectivity index (χ0v) is 10.2. The highest BCUT2D eigenvalue weighted by Gasteiger charge is 2.22. The summed E-state index contributed by atoms with van der Waals surface area (Å²) in [5, 5.41) is 13.2. The van der Waals surface area contributed by atoms with Crippen LogP contribution in [0.2, 0.25) is 0 Å². The minimum atomic E-state index is -0.0451. The second kappa shape index (κ2) is 4.51. The van der Waals surface area contributed by atoms with Crippen LogP contribution < -0.4 is 5.32 Å². The maximum Gasteiger partial charge on any atom is 0.135 e. The first-order chi connectivity index (χ1) is 7.20. The zero-order chi connectivity index (χ0) is 10.8. The van der Waals surface area contributed by atoms with E-state index >= 15 is 0 Å². The van der Waals surface area contributed by atoms with Crippen LogP contribution in [0.15, 0.2) is 16.6 Å². The number of ether oxygens (including phenoxy) is 1. The lowest BCUT2D eigenvalue weighted by molar-refractivity contribution is 0.0258. The van der Waals surface area contributed by atoms with Crippen molar-refractivity contribution in [2.45, 2.75) is 13.0 Å². The van der Waals surface area contributed by atoms with Crippen molar-refractivity contribution in [3.8, 4) is 5.75 Å². The summed E-state index contributed by atoms with van der Waals surface area (Å²) in [5.41, 5.74) is 1.95. The highest BCUT2D eigenvalue weighted by atomic mass is 79.9. The predicted octanol–water partition coefficient (Wildman–Crippen LogP) is 2.12. The second-order valence-electron chi connectivity index (χ2n) is 3.69. The molecule has 0 spiro atoms. The van der Waals surface area contributed by atoms with Gasteiger partial charge in [-0.15, -0.1) is 0 Å². The number of aryl methyl sites for hydroxylation is 1. The number of hydrogen-bond acceptors (Lipinski definition) is 3. The van der Waals surface area contributed by atoms with Gasteiger partial charge in [0.25, 0.3) is 0 Å². The highest BCUT2D eigenvalue weighted by molar-refractivity contribution is 9.10. The number of aromatic hydroxyl groups is 1. The third kappa shape index (κ3) is 2.17. The molecular weight excluding hydrogens is 258 g/mol. The maximum absolute atomic E-state index is 9.98. The lowest BCUT2D eigenvalue weighted by Crippen LogP contribution is -2.33. The van der Waals surface area contributed by atoms with Gasteiger partial charge in [0.1, 0.15) is 5.75 Å². The summed E-state index contributed by atoms with van der Waals surface area (Å²) in [5.74, 6) is 0.295. The molecule has 0 radical (unpaired) electrons. The average molecular weight is 272 g/mol. The number of phenols is 1. The molecule has 0 aromatic heterocycles. The molecule has 1 fully saturated rings. The first-order valence-corrected chi connectivity index (χ1v) is 5.79. The molecule has 0 saturated carbocycles. The first kappa shape index (κ1) is 10.9. The smallest absolute Gasteiger partial charge is 0.135 e. The van der Waals surface area contributed by atoms with Crippen LogP contribution >= 0.6 is 15.9 Å². The van der Waals surface area contributed by atoms with Crippen molar-refractivity contribution in [1.82, 2.24) is 5.32 Å². The number of hydrogen-bond donors (Lipinski definition) is 2. The number of benzene rings is 1. The van der Waals surface area contributed by atoms with E-state index in [1.54, 1.807) is 0 Å². The van der Waals surface area contributed by atoms with Gasteiger partial charge in [-0.05, 0) is 34.5 Å². The molecule has 1 heterocycles. The SMILES string of the molecule is Cc1ccc(Br)c(O)c1C1CNCCO1. The van der Waals surface area contributed by atoms with E-state index in [9.17, 15) is 5.11 Å². The van der Waals surface area contributed by atoms with E-state index in [0.717, 1.165) is 28.7 Å². The molecule has 0 aliphatic carbocycles. The van der Waals surface area contributed by atoms with Gasteiger partial charge in [-0.2, -0.15) is 0 Å². The van der Waals surface area contributed by atoms with Crippen LogP contribution in [-0.2, 0) is 4.74 Å². The van der Waals surface area contributed by atoms with Crippen molar-refractivity contribution >= 4 is 15.9 Å². The molecule has 4 heteroatoms. The van der Waals surface area contributed by atoms with Crippen molar-refractivity contribution in [3.63, 3.8) is 0 Å². The molecule has 1 unspecified atom stereocenters. The topological polar surface area (TPSA) is 41.5 Å². The standard InChI is InChI=1S/C11H14BrNO2/c1-7-2-3-8(12)11(14)10(7)9-6-13-4-5-15-9/h2-3,9,13-14H,4-6H2,1H3. The summed E-state index contributed by atoms with van der Waals surface area (Å²) in [7, 11) is 0. The highest BCUT2D eigenvalue weighted by Crippen LogP contribution is 2.36. The molecule has 1 atom stereocenters. The van der Waals surface area contributed by atoms with Crippen LogP contribution in [0.5, 0.6) is 5.75 Å². The lowest BCUT2D eigenvalue weighted by atomic mass is 10.0. The average Bonchev–Trinajstić information content (AvgIpc) is 2.26. The van der Waals surface area contributed by atoms with Crippen LogP contribution in [-0.4, -0.2) is 24.8 Å². The second-order valence-corrected chi connectivity index (χ2v) is 4.54. The van der Waals surface area contributed by atoms with Crippen LogP contribution in [0.25, 0.3) is 0 Å². The van der Waals surface area contributed by atoms with E-state index in [1.807, 2.05) is 19.1 Å². The van der Waals surface area contributed by atoms with Crippen molar-refractivity contribution in [2.75, 3.05) is 19.7 Å². The quantitative estimate of drug-likeness (QED) is 0.822. The summed E-state index contributed by atoms with van der Waals surface area (Å²) < 4.78 is 6.36. The summed E-state index contributed by atoms with van der Waals surface area (Å²) >= 11 is 3.32. The van der Waals surface area contributed by atoms with E-state index in [0.29, 0.717) is 12.4 Å². The molecule has 2 rings (SSSR count). The number of halogens is 1. The molecule has 15 heavy (non-hydrogen) atoms. The Morgan fingerprint density at radius 2 is 2.33 bits per heavy atom. The molecular formula is C11H14BrNO2. The molecule has 2 N–H and O–H groups in total. The van der Waals surface area contributed by atoms with Gasteiger partial charge in [0.05, 0.1) is 17.2 Å². The Hall–Kier alpha value is -0.580. The molecule has 1 aromatic carbocycles. The molecule has 0 bridgehead atoms. The number of nitrogens with one attached hydrogen (secondary N) is 1. The van der Waals surface area contributed by atoms with Gasteiger partial charge in [0.15, 0.2) is 0 Å². The third-order valence-electron chi connectivity index (χ3n) is 2.64. The Balaban J connectivity index is 2.36. The molecule has 1 aliphatic rings. The van der Waals surface area contributed by atoms with Crippen LogP contribution in [0, 0.1) is 6.92 Å². The molecule has 82 valence electrons.